The van der Waals surface area contributed by atoms with E-state index < -0.39 is 0 Å². The fourth-order valence-electron chi connectivity index (χ4n) is 1.78. The molecule has 18 heavy (non-hydrogen) atoms. The Morgan fingerprint density at radius 1 is 1.17 bits per heavy atom. The summed E-state index contributed by atoms with van der Waals surface area (Å²) >= 11 is 0. The second-order valence-corrected chi connectivity index (χ2v) is 4.53. The molecule has 2 rings (SSSR count). The lowest BCUT2D eigenvalue weighted by molar-refractivity contribution is 0.305. The molecule has 1 unspecified atom stereocenters. The van der Waals surface area contributed by atoms with Gasteiger partial charge in [-0.15, -0.1) is 0 Å². The van der Waals surface area contributed by atoms with Crippen molar-refractivity contribution in [1.29, 1.82) is 0 Å². The molecule has 94 valence electrons. The van der Waals surface area contributed by atoms with Crippen molar-refractivity contribution in [3.63, 3.8) is 0 Å². The van der Waals surface area contributed by atoms with Crippen LogP contribution in [-0.4, -0.2) is 4.98 Å². The monoisotopic (exact) mass is 241 g/mol. The van der Waals surface area contributed by atoms with E-state index in [4.69, 9.17) is 4.74 Å². The average molecular weight is 241 g/mol. The van der Waals surface area contributed by atoms with Gasteiger partial charge in [-0.2, -0.15) is 0 Å². The zero-order valence-corrected chi connectivity index (χ0v) is 11.0. The maximum Gasteiger partial charge on any atom is 0.119 e. The van der Waals surface area contributed by atoms with Gasteiger partial charge >= 0.3 is 0 Å². The van der Waals surface area contributed by atoms with Gasteiger partial charge in [0.25, 0.3) is 0 Å². The highest BCUT2D eigenvalue weighted by Crippen LogP contribution is 2.21. The average Bonchev–Trinajstić information content (AvgIpc) is 2.46. The van der Waals surface area contributed by atoms with E-state index in [0.717, 1.165) is 17.7 Å². The van der Waals surface area contributed by atoms with Crippen LogP contribution in [0, 0.1) is 0 Å². The summed E-state index contributed by atoms with van der Waals surface area (Å²) in [5, 5.41) is 0. The number of hydrogen-bond acceptors (Lipinski definition) is 2. The molecule has 2 aromatic rings. The van der Waals surface area contributed by atoms with E-state index in [1.165, 1.54) is 5.56 Å². The normalized spacial score (nSPS) is 12.1. The fourth-order valence-corrected chi connectivity index (χ4v) is 1.78. The van der Waals surface area contributed by atoms with Gasteiger partial charge in [0.1, 0.15) is 12.4 Å². The molecule has 0 aliphatic rings. The standard InChI is InChI=1S/C16H19NO/c1-3-13(2)15-6-8-16(9-7-15)18-12-14-5-4-10-17-11-14/h4-11,13H,3,12H2,1-2H3. The highest BCUT2D eigenvalue weighted by Gasteiger charge is 2.02. The summed E-state index contributed by atoms with van der Waals surface area (Å²) in [5.74, 6) is 1.52. The van der Waals surface area contributed by atoms with Crippen LogP contribution < -0.4 is 4.74 Å². The van der Waals surface area contributed by atoms with Gasteiger partial charge < -0.3 is 4.74 Å². The van der Waals surface area contributed by atoms with Crippen LogP contribution in [0.25, 0.3) is 0 Å². The van der Waals surface area contributed by atoms with Gasteiger partial charge in [0.05, 0.1) is 0 Å². The first kappa shape index (κ1) is 12.6. The highest BCUT2D eigenvalue weighted by molar-refractivity contribution is 5.29. The summed E-state index contributed by atoms with van der Waals surface area (Å²) in [6.07, 6.45) is 4.76. The highest BCUT2D eigenvalue weighted by atomic mass is 16.5. The number of aromatic nitrogens is 1. The Balaban J connectivity index is 1.94. The Labute approximate surface area is 109 Å². The second kappa shape index (κ2) is 6.20. The van der Waals surface area contributed by atoms with E-state index in [1.54, 1.807) is 6.20 Å². The molecule has 0 fully saturated rings. The van der Waals surface area contributed by atoms with Crippen molar-refractivity contribution < 1.29 is 4.74 Å². The molecule has 0 radical (unpaired) electrons. The third kappa shape index (κ3) is 3.33. The second-order valence-electron chi connectivity index (χ2n) is 4.53. The predicted octanol–water partition coefficient (Wildman–Crippen LogP) is 4.17. The number of benzene rings is 1. The van der Waals surface area contributed by atoms with Crippen LogP contribution in [0.3, 0.4) is 0 Å². The smallest absolute Gasteiger partial charge is 0.119 e. The molecular weight excluding hydrogens is 222 g/mol. The Morgan fingerprint density at radius 2 is 1.94 bits per heavy atom. The van der Waals surface area contributed by atoms with Crippen molar-refractivity contribution in [1.82, 2.24) is 4.98 Å². The Kier molecular flexibility index (Phi) is 4.35. The molecule has 0 spiro atoms. The first-order valence-electron chi connectivity index (χ1n) is 6.41. The molecule has 1 aromatic carbocycles. The van der Waals surface area contributed by atoms with E-state index in [-0.39, 0.29) is 0 Å². The zero-order valence-electron chi connectivity index (χ0n) is 11.0. The maximum atomic E-state index is 5.72. The summed E-state index contributed by atoms with van der Waals surface area (Å²) in [7, 11) is 0. The quantitative estimate of drug-likeness (QED) is 0.783. The lowest BCUT2D eigenvalue weighted by Gasteiger charge is -2.10. The molecule has 1 aromatic heterocycles. The van der Waals surface area contributed by atoms with Crippen LogP contribution in [-0.2, 0) is 6.61 Å². The van der Waals surface area contributed by atoms with Gasteiger partial charge in [-0.1, -0.05) is 32.0 Å². The maximum absolute atomic E-state index is 5.72. The van der Waals surface area contributed by atoms with Crippen LogP contribution in [0.1, 0.15) is 37.3 Å². The molecule has 0 N–H and O–H groups in total. The minimum absolute atomic E-state index is 0.566. The summed E-state index contributed by atoms with van der Waals surface area (Å²) < 4.78 is 5.72. The lowest BCUT2D eigenvalue weighted by Crippen LogP contribution is -1.96. The van der Waals surface area contributed by atoms with Crippen molar-refractivity contribution in [2.75, 3.05) is 0 Å². The van der Waals surface area contributed by atoms with Gasteiger partial charge in [-0.05, 0) is 36.1 Å². The van der Waals surface area contributed by atoms with E-state index in [1.807, 2.05) is 30.5 Å². The number of nitrogens with zero attached hydrogens (tertiary/aromatic N) is 1. The van der Waals surface area contributed by atoms with Crippen LogP contribution in [0.15, 0.2) is 48.8 Å². The SMILES string of the molecule is CCC(C)c1ccc(OCc2cccnc2)cc1. The third-order valence-electron chi connectivity index (χ3n) is 3.19. The molecule has 2 nitrogen and oxygen atoms in total. The first-order valence-corrected chi connectivity index (χ1v) is 6.41. The van der Waals surface area contributed by atoms with Crippen molar-refractivity contribution in [3.8, 4) is 5.75 Å². The summed E-state index contributed by atoms with van der Waals surface area (Å²) in [5.41, 5.74) is 2.45. The topological polar surface area (TPSA) is 22.1 Å². The first-order chi connectivity index (χ1) is 8.79. The van der Waals surface area contributed by atoms with Gasteiger partial charge in [0, 0.05) is 18.0 Å². The largest absolute Gasteiger partial charge is 0.489 e. The van der Waals surface area contributed by atoms with Crippen LogP contribution in [0.4, 0.5) is 0 Å². The predicted molar refractivity (Wildman–Crippen MR) is 73.7 cm³/mol. The van der Waals surface area contributed by atoms with Gasteiger partial charge in [0.15, 0.2) is 0 Å². The van der Waals surface area contributed by atoms with Crippen molar-refractivity contribution >= 4 is 0 Å². The van der Waals surface area contributed by atoms with Crippen LogP contribution in [0.5, 0.6) is 5.75 Å². The Morgan fingerprint density at radius 3 is 2.56 bits per heavy atom. The molecule has 0 aliphatic heterocycles. The molecule has 0 bridgehead atoms. The molecule has 1 heterocycles. The van der Waals surface area contributed by atoms with Crippen molar-refractivity contribution in [3.05, 3.63) is 59.9 Å². The van der Waals surface area contributed by atoms with E-state index in [9.17, 15) is 0 Å². The minimum atomic E-state index is 0.566. The fraction of sp³-hybridized carbons (Fsp3) is 0.312. The molecule has 0 saturated carbocycles. The lowest BCUT2D eigenvalue weighted by atomic mass is 9.99. The molecule has 0 saturated heterocycles. The van der Waals surface area contributed by atoms with Gasteiger partial charge in [-0.25, -0.2) is 0 Å². The summed E-state index contributed by atoms with van der Waals surface area (Å²) in [6, 6.07) is 12.3. The van der Waals surface area contributed by atoms with Crippen LogP contribution in [0.2, 0.25) is 0 Å². The minimum Gasteiger partial charge on any atom is -0.489 e. The number of ether oxygens (including phenoxy) is 1. The summed E-state index contributed by atoms with van der Waals surface area (Å²) in [4.78, 5) is 4.07. The van der Waals surface area contributed by atoms with E-state index >= 15 is 0 Å². The van der Waals surface area contributed by atoms with Crippen molar-refractivity contribution in [2.45, 2.75) is 32.8 Å². The summed E-state index contributed by atoms with van der Waals surface area (Å²) in [6.45, 7) is 5.01. The van der Waals surface area contributed by atoms with Gasteiger partial charge in [0.2, 0.25) is 0 Å². The van der Waals surface area contributed by atoms with Gasteiger partial charge in [-0.3, -0.25) is 4.98 Å². The van der Waals surface area contributed by atoms with E-state index in [0.29, 0.717) is 12.5 Å². The number of pyridine rings is 1. The third-order valence-corrected chi connectivity index (χ3v) is 3.19. The molecule has 2 heteroatoms. The zero-order chi connectivity index (χ0) is 12.8. The number of rotatable bonds is 5. The molecular formula is C16H19NO. The number of hydrogen-bond donors (Lipinski definition) is 0. The molecule has 0 aliphatic carbocycles. The van der Waals surface area contributed by atoms with Crippen LogP contribution >= 0.6 is 0 Å². The van der Waals surface area contributed by atoms with Crippen molar-refractivity contribution in [2.24, 2.45) is 0 Å². The Hall–Kier alpha value is -1.83. The van der Waals surface area contributed by atoms with E-state index in [2.05, 4.69) is 31.0 Å². The molecule has 0 amide bonds. The Bertz CT molecular complexity index is 464. The molecule has 1 atom stereocenters.